The van der Waals surface area contributed by atoms with Crippen LogP contribution in [0.4, 0.5) is 5.69 Å². The molecule has 5 aromatic rings. The number of hydrogen-bond acceptors (Lipinski definition) is 3. The third-order valence-electron chi connectivity index (χ3n) is 8.31. The number of aromatic amines is 1. The van der Waals surface area contributed by atoms with Gasteiger partial charge in [0.05, 0.1) is 12.2 Å². The van der Waals surface area contributed by atoms with Crippen LogP contribution in [0.25, 0.3) is 10.9 Å². The number of benzene rings is 4. The largest absolute Gasteiger partial charge is 0.355 e. The first-order valence-electron chi connectivity index (χ1n) is 14.0. The van der Waals surface area contributed by atoms with Crippen LogP contribution in [0.1, 0.15) is 54.1 Å². The van der Waals surface area contributed by atoms with Crippen molar-refractivity contribution in [3.63, 3.8) is 0 Å². The number of anilines is 1. The Kier molecular flexibility index (Phi) is 5.88. The number of para-hydroxylation sites is 2. The molecule has 0 amide bonds. The molecule has 2 aliphatic rings. The summed E-state index contributed by atoms with van der Waals surface area (Å²) in [4.78, 5) is 13.3. The van der Waals surface area contributed by atoms with Crippen molar-refractivity contribution in [1.29, 1.82) is 0 Å². The Bertz CT molecular complexity index is 1600. The molecule has 1 unspecified atom stereocenters. The number of allylic oxidation sites excluding steroid dienone is 1. The molecule has 0 saturated heterocycles. The molecule has 7 rings (SSSR count). The van der Waals surface area contributed by atoms with Gasteiger partial charge in [0.25, 0.3) is 0 Å². The molecule has 4 nitrogen and oxygen atoms in total. The van der Waals surface area contributed by atoms with Gasteiger partial charge in [0.1, 0.15) is 5.54 Å². The van der Waals surface area contributed by atoms with Crippen LogP contribution in [0.3, 0.4) is 0 Å². The van der Waals surface area contributed by atoms with Gasteiger partial charge in [-0.05, 0) is 29.7 Å². The number of H-pyrrole nitrogens is 1. The Morgan fingerprint density at radius 3 is 2.23 bits per heavy atom. The van der Waals surface area contributed by atoms with Gasteiger partial charge in [-0.25, -0.2) is 0 Å². The first-order chi connectivity index (χ1) is 19.3. The lowest BCUT2D eigenvalue weighted by atomic mass is 9.74. The van der Waals surface area contributed by atoms with Crippen molar-refractivity contribution in [2.75, 3.05) is 11.4 Å². The van der Waals surface area contributed by atoms with E-state index < -0.39 is 11.1 Å². The van der Waals surface area contributed by atoms with E-state index in [0.29, 0.717) is 0 Å². The van der Waals surface area contributed by atoms with Crippen LogP contribution >= 0.6 is 0 Å². The molecule has 0 radical (unpaired) electrons. The van der Waals surface area contributed by atoms with Gasteiger partial charge in [0, 0.05) is 33.9 Å². The molecular formula is C35H33N3O. The number of rotatable bonds is 6. The minimum absolute atomic E-state index is 0.548. The van der Waals surface area contributed by atoms with Crippen molar-refractivity contribution in [1.82, 2.24) is 10.5 Å². The van der Waals surface area contributed by atoms with Crippen molar-refractivity contribution < 1.29 is 4.84 Å². The van der Waals surface area contributed by atoms with Crippen LogP contribution in [-0.2, 0) is 16.0 Å². The van der Waals surface area contributed by atoms with E-state index in [1.165, 1.54) is 35.0 Å². The second-order valence-corrected chi connectivity index (χ2v) is 10.6. The summed E-state index contributed by atoms with van der Waals surface area (Å²) in [6.45, 7) is 2.98. The van der Waals surface area contributed by atoms with Crippen LogP contribution in [0.5, 0.6) is 0 Å². The molecule has 0 aliphatic carbocycles. The van der Waals surface area contributed by atoms with Crippen molar-refractivity contribution in [2.45, 2.75) is 37.3 Å². The van der Waals surface area contributed by atoms with E-state index in [0.717, 1.165) is 35.3 Å². The Labute approximate surface area is 229 Å². The molecule has 1 atom stereocenters. The van der Waals surface area contributed by atoms with Gasteiger partial charge >= 0.3 is 0 Å². The predicted octanol–water partition coefficient (Wildman–Crippen LogP) is 7.76. The standard InChI is InChI=1S/C35H33N3O/c1-2-3-4-15-24-38-25-34(29-21-12-14-23-31(29)38)32-28-20-11-13-22-30(28)36-33(32)35(39-37-34,26-16-7-5-8-17-26)27-18-9-6-10-19-27/h5-24,36-37H,2-4,25H2,1H3. The zero-order valence-electron chi connectivity index (χ0n) is 22.2. The van der Waals surface area contributed by atoms with Crippen molar-refractivity contribution in [2.24, 2.45) is 0 Å². The summed E-state index contributed by atoms with van der Waals surface area (Å²) in [6, 6.07) is 38.5. The smallest absolute Gasteiger partial charge is 0.180 e. The predicted molar refractivity (Wildman–Crippen MR) is 159 cm³/mol. The van der Waals surface area contributed by atoms with E-state index in [4.69, 9.17) is 4.84 Å². The molecule has 1 aromatic heterocycles. The van der Waals surface area contributed by atoms with Crippen LogP contribution < -0.4 is 10.4 Å². The highest BCUT2D eigenvalue weighted by atomic mass is 16.7. The van der Waals surface area contributed by atoms with Gasteiger partial charge in [0.2, 0.25) is 0 Å². The highest BCUT2D eigenvalue weighted by Crippen LogP contribution is 2.54. The van der Waals surface area contributed by atoms with E-state index in [1.54, 1.807) is 0 Å². The average Bonchev–Trinajstić information content (AvgIpc) is 3.55. The van der Waals surface area contributed by atoms with Crippen molar-refractivity contribution >= 4 is 16.6 Å². The van der Waals surface area contributed by atoms with Crippen LogP contribution in [0, 0.1) is 0 Å². The first kappa shape index (κ1) is 24.0. The summed E-state index contributed by atoms with van der Waals surface area (Å²) in [7, 11) is 0. The zero-order chi connectivity index (χ0) is 26.3. The molecule has 0 bridgehead atoms. The van der Waals surface area contributed by atoms with Gasteiger partial charge < -0.3 is 9.88 Å². The molecule has 2 N–H and O–H groups in total. The molecule has 2 aliphatic heterocycles. The van der Waals surface area contributed by atoms with E-state index in [1.807, 2.05) is 0 Å². The van der Waals surface area contributed by atoms with Crippen LogP contribution in [0.15, 0.2) is 121 Å². The highest BCUT2D eigenvalue weighted by molar-refractivity contribution is 5.89. The maximum absolute atomic E-state index is 7.05. The lowest BCUT2D eigenvalue weighted by Crippen LogP contribution is -2.56. The lowest BCUT2D eigenvalue weighted by molar-refractivity contribution is -0.111. The van der Waals surface area contributed by atoms with Gasteiger partial charge in [-0.2, -0.15) is 5.48 Å². The Morgan fingerprint density at radius 1 is 0.821 bits per heavy atom. The van der Waals surface area contributed by atoms with E-state index >= 15 is 0 Å². The lowest BCUT2D eigenvalue weighted by Gasteiger charge is -2.46. The second-order valence-electron chi connectivity index (χ2n) is 10.6. The molecule has 194 valence electrons. The summed E-state index contributed by atoms with van der Waals surface area (Å²) in [6.07, 6.45) is 8.03. The minimum atomic E-state index is -0.846. The monoisotopic (exact) mass is 511 g/mol. The maximum Gasteiger partial charge on any atom is 0.180 e. The number of unbranched alkanes of at least 4 members (excludes halogenated alkanes) is 2. The number of nitrogens with zero attached hydrogens (tertiary/aromatic N) is 1. The average molecular weight is 512 g/mol. The van der Waals surface area contributed by atoms with Crippen LogP contribution in [0.2, 0.25) is 0 Å². The maximum atomic E-state index is 7.05. The first-order valence-corrected chi connectivity index (χ1v) is 14.0. The molecule has 0 saturated carbocycles. The summed E-state index contributed by atoms with van der Waals surface area (Å²) in [5.41, 5.74) is 10.3. The minimum Gasteiger partial charge on any atom is -0.355 e. The van der Waals surface area contributed by atoms with Gasteiger partial charge in [-0.15, -0.1) is 0 Å². The quantitative estimate of drug-likeness (QED) is 0.229. The topological polar surface area (TPSA) is 40.3 Å². The van der Waals surface area contributed by atoms with E-state index in [2.05, 4.69) is 144 Å². The van der Waals surface area contributed by atoms with Gasteiger partial charge in [0.15, 0.2) is 5.60 Å². The summed E-state index contributed by atoms with van der Waals surface area (Å²) in [5.74, 6) is 0. The fourth-order valence-corrected chi connectivity index (χ4v) is 6.50. The second kappa shape index (κ2) is 9.57. The Balaban J connectivity index is 1.50. The normalized spacial score (nSPS) is 19.6. The van der Waals surface area contributed by atoms with Crippen molar-refractivity contribution in [3.05, 3.63) is 149 Å². The van der Waals surface area contributed by atoms with Crippen molar-refractivity contribution in [3.8, 4) is 0 Å². The fraction of sp³-hybridized carbons (Fsp3) is 0.200. The number of aromatic nitrogens is 1. The van der Waals surface area contributed by atoms with Gasteiger partial charge in [-0.3, -0.25) is 4.84 Å². The SMILES string of the molecule is CCCCC=CN1CC2(NOC(c3ccccc3)(c3ccccc3)c3[nH]c4ccccc4c32)c2ccccc21. The zero-order valence-corrected chi connectivity index (χ0v) is 22.2. The number of hydrogen-bond donors (Lipinski definition) is 2. The number of fused-ring (bicyclic) bond motifs is 6. The van der Waals surface area contributed by atoms with Crippen LogP contribution in [-0.4, -0.2) is 11.5 Å². The van der Waals surface area contributed by atoms with E-state index in [-0.39, 0.29) is 0 Å². The fourth-order valence-electron chi connectivity index (χ4n) is 6.50. The summed E-state index contributed by atoms with van der Waals surface area (Å²) in [5, 5.41) is 1.21. The number of hydroxylamine groups is 1. The highest BCUT2D eigenvalue weighted by Gasteiger charge is 2.56. The molecule has 3 heterocycles. The van der Waals surface area contributed by atoms with E-state index in [9.17, 15) is 0 Å². The molecule has 4 heteroatoms. The third-order valence-corrected chi connectivity index (χ3v) is 8.31. The Hall–Kier alpha value is -4.12. The molecular weight excluding hydrogens is 478 g/mol. The summed E-state index contributed by atoms with van der Waals surface area (Å²) < 4.78 is 0. The molecule has 0 fully saturated rings. The third kappa shape index (κ3) is 3.59. The molecule has 39 heavy (non-hydrogen) atoms. The Morgan fingerprint density at radius 2 is 1.49 bits per heavy atom. The van der Waals surface area contributed by atoms with Gasteiger partial charge in [-0.1, -0.05) is 123 Å². The summed E-state index contributed by atoms with van der Waals surface area (Å²) >= 11 is 0. The molecule has 1 spiro atoms. The number of nitrogens with one attached hydrogen (secondary N) is 2. The molecule has 4 aromatic carbocycles.